The number of imide groups is 1. The summed E-state index contributed by atoms with van der Waals surface area (Å²) in [6.45, 7) is -0.606. The summed E-state index contributed by atoms with van der Waals surface area (Å²) < 4.78 is 5.02. The molecule has 1 saturated heterocycles. The predicted octanol–water partition coefficient (Wildman–Crippen LogP) is 3.38. The molecule has 2 N–H and O–H groups in total. The van der Waals surface area contributed by atoms with Crippen LogP contribution in [0.3, 0.4) is 0 Å². The van der Waals surface area contributed by atoms with Crippen LogP contribution in [0.1, 0.15) is 51.5 Å². The average Bonchev–Trinajstić information content (AvgIpc) is 3.24. The van der Waals surface area contributed by atoms with Gasteiger partial charge in [-0.3, -0.25) is 34.9 Å². The molecular formula is C30H27N3O6. The highest BCUT2D eigenvalue weighted by Crippen LogP contribution is 2.45. The van der Waals surface area contributed by atoms with E-state index in [1.807, 2.05) is 18.2 Å². The van der Waals surface area contributed by atoms with E-state index in [9.17, 15) is 24.0 Å². The van der Waals surface area contributed by atoms with Gasteiger partial charge in [0.1, 0.15) is 0 Å². The van der Waals surface area contributed by atoms with Crippen molar-refractivity contribution >= 4 is 35.3 Å². The summed E-state index contributed by atoms with van der Waals surface area (Å²) >= 11 is 0. The highest BCUT2D eigenvalue weighted by Gasteiger charge is 2.50. The second-order valence-corrected chi connectivity index (χ2v) is 9.64. The summed E-state index contributed by atoms with van der Waals surface area (Å²) in [4.78, 5) is 64.0. The summed E-state index contributed by atoms with van der Waals surface area (Å²) in [5.41, 5.74) is 6.52. The molecule has 9 nitrogen and oxygen atoms in total. The predicted molar refractivity (Wildman–Crippen MR) is 141 cm³/mol. The lowest BCUT2D eigenvalue weighted by Gasteiger charge is -2.28. The summed E-state index contributed by atoms with van der Waals surface area (Å²) in [6.07, 6.45) is 2.14. The van der Waals surface area contributed by atoms with Gasteiger partial charge >= 0.3 is 5.97 Å². The normalized spacial score (nSPS) is 20.2. The molecule has 0 aromatic heterocycles. The summed E-state index contributed by atoms with van der Waals surface area (Å²) in [5, 5.41) is 0. The monoisotopic (exact) mass is 525 g/mol. The Kier molecular flexibility index (Phi) is 7.49. The van der Waals surface area contributed by atoms with Crippen molar-refractivity contribution in [2.75, 3.05) is 11.5 Å². The minimum absolute atomic E-state index is 0.153. The fraction of sp³-hybridized carbons (Fsp3) is 0.233. The van der Waals surface area contributed by atoms with Crippen LogP contribution in [0.2, 0.25) is 0 Å². The number of benzene rings is 3. The molecule has 1 aliphatic carbocycles. The van der Waals surface area contributed by atoms with E-state index >= 15 is 0 Å². The van der Waals surface area contributed by atoms with Crippen LogP contribution < -0.4 is 15.8 Å². The van der Waals surface area contributed by atoms with Gasteiger partial charge in [-0.05, 0) is 67.1 Å². The SMILES string of the molecule is O=C(COC(=O)c1ccc(N2C(=O)[C@@H]3CC[C@H](c4ccccc4)C[C@H]3C2=O)cc1)NNC(=O)c1ccccc1. The van der Waals surface area contributed by atoms with Gasteiger partial charge in [0.2, 0.25) is 11.8 Å². The van der Waals surface area contributed by atoms with Crippen LogP contribution in [0.5, 0.6) is 0 Å². The molecule has 0 radical (unpaired) electrons. The van der Waals surface area contributed by atoms with Gasteiger partial charge in [-0.2, -0.15) is 0 Å². The van der Waals surface area contributed by atoms with Crippen molar-refractivity contribution in [1.82, 2.24) is 10.9 Å². The molecule has 2 fully saturated rings. The van der Waals surface area contributed by atoms with Crippen LogP contribution in [0.4, 0.5) is 5.69 Å². The molecule has 5 rings (SSSR count). The lowest BCUT2D eigenvalue weighted by atomic mass is 9.73. The van der Waals surface area contributed by atoms with E-state index in [4.69, 9.17) is 4.74 Å². The van der Waals surface area contributed by atoms with Crippen LogP contribution in [0.15, 0.2) is 84.9 Å². The Morgan fingerprint density at radius 2 is 1.38 bits per heavy atom. The summed E-state index contributed by atoms with van der Waals surface area (Å²) in [5.74, 6) is -2.85. The molecule has 0 unspecified atom stereocenters. The Morgan fingerprint density at radius 1 is 0.744 bits per heavy atom. The zero-order valence-corrected chi connectivity index (χ0v) is 21.0. The number of amides is 4. The van der Waals surface area contributed by atoms with E-state index in [0.717, 1.165) is 6.42 Å². The zero-order chi connectivity index (χ0) is 27.4. The molecule has 2 aliphatic rings. The first-order valence-electron chi connectivity index (χ1n) is 12.8. The highest BCUT2D eigenvalue weighted by molar-refractivity contribution is 6.22. The quantitative estimate of drug-likeness (QED) is 0.289. The number of hydrogen-bond acceptors (Lipinski definition) is 6. The van der Waals surface area contributed by atoms with Gasteiger partial charge in [0.15, 0.2) is 6.61 Å². The first kappa shape index (κ1) is 25.8. The topological polar surface area (TPSA) is 122 Å². The van der Waals surface area contributed by atoms with Crippen molar-refractivity contribution < 1.29 is 28.7 Å². The van der Waals surface area contributed by atoms with Gasteiger partial charge in [0.05, 0.1) is 23.1 Å². The number of carbonyl (C=O) groups is 5. The third-order valence-corrected chi connectivity index (χ3v) is 7.24. The van der Waals surface area contributed by atoms with Crippen molar-refractivity contribution in [1.29, 1.82) is 0 Å². The van der Waals surface area contributed by atoms with Gasteiger partial charge in [-0.1, -0.05) is 48.5 Å². The number of anilines is 1. The van der Waals surface area contributed by atoms with Gasteiger partial charge in [-0.15, -0.1) is 0 Å². The number of hydrogen-bond donors (Lipinski definition) is 2. The Hall–Kier alpha value is -4.79. The Morgan fingerprint density at radius 3 is 2.08 bits per heavy atom. The Balaban J connectivity index is 1.15. The molecule has 1 heterocycles. The van der Waals surface area contributed by atoms with E-state index in [1.165, 1.54) is 34.7 Å². The van der Waals surface area contributed by atoms with E-state index in [-0.39, 0.29) is 35.1 Å². The second-order valence-electron chi connectivity index (χ2n) is 9.64. The Bertz CT molecular complexity index is 1390. The van der Waals surface area contributed by atoms with Gasteiger partial charge in [0.25, 0.3) is 11.8 Å². The van der Waals surface area contributed by atoms with Crippen molar-refractivity contribution in [2.24, 2.45) is 11.8 Å². The van der Waals surface area contributed by atoms with E-state index < -0.39 is 24.4 Å². The molecular weight excluding hydrogens is 498 g/mol. The van der Waals surface area contributed by atoms with Gasteiger partial charge in [-0.25, -0.2) is 4.79 Å². The molecule has 1 aliphatic heterocycles. The lowest BCUT2D eigenvalue weighted by Crippen LogP contribution is -2.43. The number of esters is 1. The minimum Gasteiger partial charge on any atom is -0.452 e. The van der Waals surface area contributed by atoms with E-state index in [1.54, 1.807) is 30.3 Å². The van der Waals surface area contributed by atoms with Gasteiger partial charge < -0.3 is 4.74 Å². The fourth-order valence-corrected chi connectivity index (χ4v) is 5.25. The number of rotatable bonds is 6. The first-order chi connectivity index (χ1) is 18.9. The number of carbonyl (C=O) groups excluding carboxylic acids is 5. The summed E-state index contributed by atoms with van der Waals surface area (Å²) in [6, 6.07) is 24.3. The number of ether oxygens (including phenoxy) is 1. The van der Waals surface area contributed by atoms with Crippen LogP contribution >= 0.6 is 0 Å². The van der Waals surface area contributed by atoms with Crippen molar-refractivity contribution in [3.05, 3.63) is 102 Å². The molecule has 0 bridgehead atoms. The first-order valence-corrected chi connectivity index (χ1v) is 12.8. The molecule has 4 amide bonds. The van der Waals surface area contributed by atoms with Crippen LogP contribution in [0.25, 0.3) is 0 Å². The maximum absolute atomic E-state index is 13.3. The maximum atomic E-state index is 13.3. The standard InChI is InChI=1S/C30H27N3O6/c34-26(31-32-27(35)20-9-5-2-6-10-20)18-39-30(38)21-11-14-23(15-12-21)33-28(36)24-16-13-22(17-25(24)29(33)37)19-7-3-1-4-8-19/h1-12,14-15,22,24-25H,13,16-18H2,(H,31,34)(H,32,35)/t22-,24+,25+/m0/s1. The molecule has 3 aromatic carbocycles. The fourth-order valence-electron chi connectivity index (χ4n) is 5.25. The van der Waals surface area contributed by atoms with Crippen molar-refractivity contribution in [3.63, 3.8) is 0 Å². The molecule has 3 atom stereocenters. The molecule has 39 heavy (non-hydrogen) atoms. The minimum atomic E-state index is -0.760. The van der Waals surface area contributed by atoms with E-state index in [0.29, 0.717) is 24.1 Å². The summed E-state index contributed by atoms with van der Waals surface area (Å²) in [7, 11) is 0. The van der Waals surface area contributed by atoms with E-state index in [2.05, 4.69) is 23.0 Å². The van der Waals surface area contributed by atoms with Crippen LogP contribution in [0, 0.1) is 11.8 Å². The number of nitrogens with zero attached hydrogens (tertiary/aromatic N) is 1. The Labute approximate surface area is 225 Å². The molecule has 198 valence electrons. The maximum Gasteiger partial charge on any atom is 0.338 e. The third-order valence-electron chi connectivity index (χ3n) is 7.24. The van der Waals surface area contributed by atoms with Crippen molar-refractivity contribution in [3.8, 4) is 0 Å². The number of nitrogens with one attached hydrogen (secondary N) is 2. The van der Waals surface area contributed by atoms with Crippen LogP contribution in [-0.2, 0) is 19.1 Å². The zero-order valence-electron chi connectivity index (χ0n) is 21.0. The van der Waals surface area contributed by atoms with Gasteiger partial charge in [0, 0.05) is 5.56 Å². The van der Waals surface area contributed by atoms with Crippen LogP contribution in [-0.4, -0.2) is 36.2 Å². The number of fused-ring (bicyclic) bond motifs is 1. The lowest BCUT2D eigenvalue weighted by molar-refractivity contribution is -0.125. The smallest absolute Gasteiger partial charge is 0.338 e. The second kappa shape index (κ2) is 11.3. The highest BCUT2D eigenvalue weighted by atomic mass is 16.5. The number of hydrazine groups is 1. The third kappa shape index (κ3) is 5.57. The molecule has 3 aromatic rings. The average molecular weight is 526 g/mol. The molecule has 0 spiro atoms. The largest absolute Gasteiger partial charge is 0.452 e. The van der Waals surface area contributed by atoms with Crippen molar-refractivity contribution in [2.45, 2.75) is 25.2 Å². The molecule has 1 saturated carbocycles. The molecule has 9 heteroatoms.